The minimum Gasteiger partial charge on any atom is -0.493 e. The van der Waals surface area contributed by atoms with Gasteiger partial charge in [0, 0.05) is 9.85 Å². The molecule has 0 saturated carbocycles. The third kappa shape index (κ3) is 4.76. The van der Waals surface area contributed by atoms with Crippen LogP contribution < -0.4 is 4.74 Å². The molecular formula is C15H17BrClNOS. The Hall–Kier alpha value is -0.580. The molecule has 0 fully saturated rings. The number of hydrogen-bond donors (Lipinski definition) is 0. The van der Waals surface area contributed by atoms with Crippen LogP contribution in [0.25, 0.3) is 0 Å². The maximum absolute atomic E-state index is 5.80. The third-order valence-electron chi connectivity index (χ3n) is 2.92. The molecule has 0 atom stereocenters. The number of halogens is 2. The summed E-state index contributed by atoms with van der Waals surface area (Å²) in [5, 5.41) is 3.20. The molecule has 0 spiro atoms. The van der Waals surface area contributed by atoms with Crippen molar-refractivity contribution < 1.29 is 4.74 Å². The van der Waals surface area contributed by atoms with E-state index >= 15 is 0 Å². The van der Waals surface area contributed by atoms with Crippen molar-refractivity contribution in [1.82, 2.24) is 4.98 Å². The summed E-state index contributed by atoms with van der Waals surface area (Å²) in [6, 6.07) is 6.08. The van der Waals surface area contributed by atoms with Crippen molar-refractivity contribution in [3.05, 3.63) is 44.3 Å². The van der Waals surface area contributed by atoms with Gasteiger partial charge in [0.25, 0.3) is 0 Å². The van der Waals surface area contributed by atoms with Crippen LogP contribution in [0.15, 0.2) is 28.1 Å². The zero-order chi connectivity index (χ0) is 14.4. The lowest BCUT2D eigenvalue weighted by atomic mass is 10.2. The molecule has 2 nitrogen and oxygen atoms in total. The second-order valence-corrected chi connectivity index (χ2v) is 6.71. The number of nitrogens with zero attached hydrogens (tertiary/aromatic N) is 1. The van der Waals surface area contributed by atoms with Crippen LogP contribution in [0.1, 0.15) is 29.1 Å². The normalized spacial score (nSPS) is 10.8. The van der Waals surface area contributed by atoms with Gasteiger partial charge in [0.2, 0.25) is 0 Å². The Balaban J connectivity index is 1.68. The van der Waals surface area contributed by atoms with Crippen molar-refractivity contribution in [3.63, 3.8) is 0 Å². The van der Waals surface area contributed by atoms with Crippen LogP contribution in [0.5, 0.6) is 5.75 Å². The molecule has 0 radical (unpaired) electrons. The summed E-state index contributed by atoms with van der Waals surface area (Å²) in [7, 11) is 0. The summed E-state index contributed by atoms with van der Waals surface area (Å²) in [5.74, 6) is 1.47. The molecule has 108 valence electrons. The molecule has 0 N–H and O–H groups in total. The number of aryl methyl sites for hydroxylation is 2. The van der Waals surface area contributed by atoms with Crippen LogP contribution in [0.4, 0.5) is 0 Å². The monoisotopic (exact) mass is 373 g/mol. The van der Waals surface area contributed by atoms with E-state index in [0.29, 0.717) is 5.88 Å². The molecule has 1 aromatic heterocycles. The summed E-state index contributed by atoms with van der Waals surface area (Å²) in [5.41, 5.74) is 2.14. The molecule has 0 unspecified atom stereocenters. The minimum atomic E-state index is 0.502. The summed E-state index contributed by atoms with van der Waals surface area (Å²) in [4.78, 5) is 4.45. The Morgan fingerprint density at radius 1 is 1.35 bits per heavy atom. The maximum atomic E-state index is 5.80. The largest absolute Gasteiger partial charge is 0.493 e. The van der Waals surface area contributed by atoms with Gasteiger partial charge < -0.3 is 4.74 Å². The molecule has 0 aliphatic carbocycles. The lowest BCUT2D eigenvalue weighted by Crippen LogP contribution is -1.99. The fraction of sp³-hybridized carbons (Fsp3) is 0.400. The van der Waals surface area contributed by atoms with E-state index < -0.39 is 0 Å². The Morgan fingerprint density at radius 2 is 2.20 bits per heavy atom. The van der Waals surface area contributed by atoms with Crippen molar-refractivity contribution in [2.75, 3.05) is 6.61 Å². The molecular weight excluding hydrogens is 358 g/mol. The molecule has 1 aromatic carbocycles. The van der Waals surface area contributed by atoms with Gasteiger partial charge in [-0.2, -0.15) is 0 Å². The van der Waals surface area contributed by atoms with Gasteiger partial charge in [0.1, 0.15) is 5.75 Å². The maximum Gasteiger partial charge on any atom is 0.122 e. The Morgan fingerprint density at radius 3 is 2.90 bits per heavy atom. The average molecular weight is 375 g/mol. The van der Waals surface area contributed by atoms with Crippen LogP contribution in [0.3, 0.4) is 0 Å². The highest BCUT2D eigenvalue weighted by molar-refractivity contribution is 9.10. The number of rotatable bonds is 7. The highest BCUT2D eigenvalue weighted by Crippen LogP contribution is 2.22. The molecule has 0 aliphatic heterocycles. The average Bonchev–Trinajstić information content (AvgIpc) is 2.88. The van der Waals surface area contributed by atoms with Crippen molar-refractivity contribution >= 4 is 38.9 Å². The highest BCUT2D eigenvalue weighted by Gasteiger charge is 2.02. The second-order valence-electron chi connectivity index (χ2n) is 4.58. The van der Waals surface area contributed by atoms with Crippen LogP contribution in [0.2, 0.25) is 0 Å². The minimum absolute atomic E-state index is 0.502. The number of unbranched alkanes of at least 4 members (excludes halogenated alkanes) is 1. The SMILES string of the molecule is Cc1cc(Br)ccc1OCCCCc1nc(CCl)cs1. The van der Waals surface area contributed by atoms with E-state index in [1.54, 1.807) is 11.3 Å². The number of aromatic nitrogens is 1. The van der Waals surface area contributed by atoms with E-state index in [9.17, 15) is 0 Å². The van der Waals surface area contributed by atoms with Crippen molar-refractivity contribution in [3.8, 4) is 5.75 Å². The van der Waals surface area contributed by atoms with E-state index in [1.807, 2.05) is 17.5 Å². The molecule has 0 saturated heterocycles. The Labute approximate surface area is 137 Å². The van der Waals surface area contributed by atoms with Crippen molar-refractivity contribution in [2.45, 2.75) is 32.1 Å². The summed E-state index contributed by atoms with van der Waals surface area (Å²) in [6.45, 7) is 2.81. The zero-order valence-electron chi connectivity index (χ0n) is 11.4. The number of alkyl halides is 1. The first-order valence-electron chi connectivity index (χ1n) is 6.57. The fourth-order valence-electron chi connectivity index (χ4n) is 1.86. The van der Waals surface area contributed by atoms with Crippen LogP contribution in [-0.4, -0.2) is 11.6 Å². The molecule has 2 rings (SSSR count). The quantitative estimate of drug-likeness (QED) is 0.481. The van der Waals surface area contributed by atoms with Gasteiger partial charge in [-0.3, -0.25) is 0 Å². The van der Waals surface area contributed by atoms with E-state index in [2.05, 4.69) is 33.9 Å². The molecule has 2 aromatic rings. The Kier molecular flexibility index (Phi) is 6.33. The second kappa shape index (κ2) is 8.01. The molecule has 0 bridgehead atoms. The topological polar surface area (TPSA) is 22.1 Å². The zero-order valence-corrected chi connectivity index (χ0v) is 14.5. The molecule has 5 heteroatoms. The lowest BCUT2D eigenvalue weighted by Gasteiger charge is -2.08. The number of hydrogen-bond acceptors (Lipinski definition) is 3. The Bertz CT molecular complexity index is 559. The van der Waals surface area contributed by atoms with E-state index in [1.165, 1.54) is 5.01 Å². The first kappa shape index (κ1) is 15.8. The van der Waals surface area contributed by atoms with Crippen molar-refractivity contribution in [1.29, 1.82) is 0 Å². The summed E-state index contributed by atoms with van der Waals surface area (Å²) < 4.78 is 6.88. The summed E-state index contributed by atoms with van der Waals surface area (Å²) in [6.07, 6.45) is 3.13. The molecule has 20 heavy (non-hydrogen) atoms. The van der Waals surface area contributed by atoms with Gasteiger partial charge in [-0.25, -0.2) is 4.98 Å². The highest BCUT2D eigenvalue weighted by atomic mass is 79.9. The first-order chi connectivity index (χ1) is 9.69. The standard InChI is InChI=1S/C15H17BrClNOS/c1-11-8-12(16)5-6-14(11)19-7-3-2-4-15-18-13(9-17)10-20-15/h5-6,8,10H,2-4,7,9H2,1H3. The molecule has 0 amide bonds. The predicted octanol–water partition coefficient (Wildman–Crippen LogP) is 5.35. The molecule has 0 aliphatic rings. The first-order valence-corrected chi connectivity index (χ1v) is 8.78. The van der Waals surface area contributed by atoms with Gasteiger partial charge in [0.05, 0.1) is 23.2 Å². The van der Waals surface area contributed by atoms with Gasteiger partial charge in [0.15, 0.2) is 0 Å². The van der Waals surface area contributed by atoms with Gasteiger partial charge in [-0.1, -0.05) is 15.9 Å². The third-order valence-corrected chi connectivity index (χ3v) is 4.64. The molecule has 1 heterocycles. The number of benzene rings is 1. The summed E-state index contributed by atoms with van der Waals surface area (Å²) >= 11 is 10.9. The van der Waals surface area contributed by atoms with Gasteiger partial charge in [-0.05, 0) is 49.9 Å². The van der Waals surface area contributed by atoms with Crippen LogP contribution in [0, 0.1) is 6.92 Å². The van der Waals surface area contributed by atoms with Crippen LogP contribution >= 0.6 is 38.9 Å². The van der Waals surface area contributed by atoms with Gasteiger partial charge >= 0.3 is 0 Å². The van der Waals surface area contributed by atoms with E-state index in [-0.39, 0.29) is 0 Å². The predicted molar refractivity (Wildman–Crippen MR) is 89.0 cm³/mol. The van der Waals surface area contributed by atoms with Crippen LogP contribution in [-0.2, 0) is 12.3 Å². The van der Waals surface area contributed by atoms with E-state index in [0.717, 1.165) is 47.3 Å². The fourth-order valence-corrected chi connectivity index (χ4v) is 3.40. The van der Waals surface area contributed by atoms with Gasteiger partial charge in [-0.15, -0.1) is 22.9 Å². The van der Waals surface area contributed by atoms with Crippen molar-refractivity contribution in [2.24, 2.45) is 0 Å². The lowest BCUT2D eigenvalue weighted by molar-refractivity contribution is 0.305. The number of ether oxygens (including phenoxy) is 1. The van der Waals surface area contributed by atoms with E-state index in [4.69, 9.17) is 16.3 Å². The smallest absolute Gasteiger partial charge is 0.122 e. The number of thiazole rings is 1.